The van der Waals surface area contributed by atoms with E-state index < -0.39 is 11.8 Å². The molecule has 5 nitrogen and oxygen atoms in total. The summed E-state index contributed by atoms with van der Waals surface area (Å²) in [6, 6.07) is 4.17. The number of halogens is 1. The third-order valence-corrected chi connectivity index (χ3v) is 2.53. The average molecular weight is 269 g/mol. The first kappa shape index (κ1) is 14.9. The van der Waals surface area contributed by atoms with Crippen molar-refractivity contribution < 1.29 is 23.8 Å². The normalized spacial score (nSPS) is 10.1. The van der Waals surface area contributed by atoms with Crippen LogP contribution in [0.2, 0.25) is 0 Å². The van der Waals surface area contributed by atoms with E-state index >= 15 is 0 Å². The maximum atomic E-state index is 13.6. The Morgan fingerprint density at radius 1 is 1.37 bits per heavy atom. The summed E-state index contributed by atoms with van der Waals surface area (Å²) in [7, 11) is 1.47. The van der Waals surface area contributed by atoms with E-state index in [1.54, 1.807) is 13.0 Å². The number of amides is 1. The van der Waals surface area contributed by atoms with Gasteiger partial charge in [0.1, 0.15) is 0 Å². The second kappa shape index (κ2) is 6.72. The highest BCUT2D eigenvalue weighted by atomic mass is 19.1. The summed E-state index contributed by atoms with van der Waals surface area (Å²) in [4.78, 5) is 23.3. The van der Waals surface area contributed by atoms with Crippen LogP contribution in [0.3, 0.4) is 0 Å². The SMILES string of the molecule is CCOc1ccc(N(C)C(=O)CCC(=O)O)cc1F. The minimum Gasteiger partial charge on any atom is -0.491 e. The van der Waals surface area contributed by atoms with E-state index in [1.165, 1.54) is 24.1 Å². The summed E-state index contributed by atoms with van der Waals surface area (Å²) < 4.78 is 18.7. The molecule has 1 N–H and O–H groups in total. The molecule has 1 aromatic carbocycles. The Bertz CT molecular complexity index is 476. The number of hydrogen-bond acceptors (Lipinski definition) is 3. The minimum atomic E-state index is -1.04. The second-order valence-corrected chi connectivity index (χ2v) is 3.89. The molecular formula is C13H16FNO4. The highest BCUT2D eigenvalue weighted by Gasteiger charge is 2.14. The second-order valence-electron chi connectivity index (χ2n) is 3.89. The topological polar surface area (TPSA) is 66.8 Å². The van der Waals surface area contributed by atoms with Gasteiger partial charge in [-0.15, -0.1) is 0 Å². The Labute approximate surface area is 110 Å². The van der Waals surface area contributed by atoms with E-state index in [-0.39, 0.29) is 24.5 Å². The van der Waals surface area contributed by atoms with Crippen LogP contribution in [0.4, 0.5) is 10.1 Å². The molecule has 1 amide bonds. The lowest BCUT2D eigenvalue weighted by molar-refractivity contribution is -0.138. The third-order valence-electron chi connectivity index (χ3n) is 2.53. The molecule has 1 aromatic rings. The number of carbonyl (C=O) groups is 2. The highest BCUT2D eigenvalue weighted by Crippen LogP contribution is 2.23. The molecule has 19 heavy (non-hydrogen) atoms. The molecule has 0 heterocycles. The van der Waals surface area contributed by atoms with Crippen LogP contribution in [-0.2, 0) is 9.59 Å². The molecule has 0 unspecified atom stereocenters. The lowest BCUT2D eigenvalue weighted by Crippen LogP contribution is -2.26. The zero-order valence-corrected chi connectivity index (χ0v) is 10.9. The fourth-order valence-corrected chi connectivity index (χ4v) is 1.50. The standard InChI is InChI=1S/C13H16FNO4/c1-3-19-11-5-4-9(8-10(11)14)15(2)12(16)6-7-13(17)18/h4-5,8H,3,6-7H2,1-2H3,(H,17,18). The molecule has 0 saturated carbocycles. The quantitative estimate of drug-likeness (QED) is 0.858. The van der Waals surface area contributed by atoms with E-state index in [9.17, 15) is 14.0 Å². The number of aliphatic carboxylic acids is 1. The van der Waals surface area contributed by atoms with E-state index in [0.717, 1.165) is 0 Å². The molecule has 0 spiro atoms. The van der Waals surface area contributed by atoms with Crippen LogP contribution in [0.5, 0.6) is 5.75 Å². The first-order chi connectivity index (χ1) is 8.95. The van der Waals surface area contributed by atoms with Crippen LogP contribution < -0.4 is 9.64 Å². The Balaban J connectivity index is 2.76. The lowest BCUT2D eigenvalue weighted by atomic mass is 10.2. The number of carbonyl (C=O) groups excluding carboxylic acids is 1. The average Bonchev–Trinajstić information content (AvgIpc) is 2.37. The van der Waals surface area contributed by atoms with Crippen LogP contribution >= 0.6 is 0 Å². The molecule has 104 valence electrons. The van der Waals surface area contributed by atoms with Gasteiger partial charge in [0.15, 0.2) is 11.6 Å². The molecule has 0 bridgehead atoms. The van der Waals surface area contributed by atoms with Crippen LogP contribution in [0.25, 0.3) is 0 Å². The minimum absolute atomic E-state index is 0.123. The van der Waals surface area contributed by atoms with Gasteiger partial charge in [-0.3, -0.25) is 9.59 Å². The van der Waals surface area contributed by atoms with Gasteiger partial charge >= 0.3 is 5.97 Å². The van der Waals surface area contributed by atoms with E-state index in [4.69, 9.17) is 9.84 Å². The predicted octanol–water partition coefficient (Wildman–Crippen LogP) is 2.05. The largest absolute Gasteiger partial charge is 0.491 e. The highest BCUT2D eigenvalue weighted by molar-refractivity contribution is 5.94. The summed E-state index contributed by atoms with van der Waals surface area (Å²) in [5.41, 5.74) is 0.358. The van der Waals surface area contributed by atoms with Gasteiger partial charge in [-0.1, -0.05) is 0 Å². The van der Waals surface area contributed by atoms with Crippen molar-refractivity contribution in [3.8, 4) is 5.75 Å². The Morgan fingerprint density at radius 3 is 2.58 bits per heavy atom. The zero-order valence-electron chi connectivity index (χ0n) is 10.9. The van der Waals surface area contributed by atoms with Gasteiger partial charge in [0.05, 0.1) is 13.0 Å². The fourth-order valence-electron chi connectivity index (χ4n) is 1.50. The summed E-state index contributed by atoms with van der Waals surface area (Å²) in [5.74, 6) is -1.86. The maximum absolute atomic E-state index is 13.6. The van der Waals surface area contributed by atoms with Gasteiger partial charge in [-0.05, 0) is 19.1 Å². The number of rotatable bonds is 6. The summed E-state index contributed by atoms with van der Waals surface area (Å²) >= 11 is 0. The monoisotopic (exact) mass is 269 g/mol. The van der Waals surface area contributed by atoms with Gasteiger partial charge in [0, 0.05) is 25.2 Å². The predicted molar refractivity (Wildman–Crippen MR) is 67.8 cm³/mol. The van der Waals surface area contributed by atoms with Crippen molar-refractivity contribution in [2.75, 3.05) is 18.6 Å². The molecule has 0 aromatic heterocycles. The summed E-state index contributed by atoms with van der Waals surface area (Å²) in [6.45, 7) is 2.10. The Kier molecular flexibility index (Phi) is 5.29. The molecule has 0 atom stereocenters. The molecule has 0 aliphatic heterocycles. The number of anilines is 1. The van der Waals surface area contributed by atoms with Gasteiger partial charge < -0.3 is 14.7 Å². The molecule has 0 saturated heterocycles. The Morgan fingerprint density at radius 2 is 2.05 bits per heavy atom. The van der Waals surface area contributed by atoms with Gasteiger partial charge in [-0.2, -0.15) is 0 Å². The molecular weight excluding hydrogens is 253 g/mol. The molecule has 0 radical (unpaired) electrons. The van der Waals surface area contributed by atoms with Gasteiger partial charge in [-0.25, -0.2) is 4.39 Å². The van der Waals surface area contributed by atoms with Crippen molar-refractivity contribution >= 4 is 17.6 Å². The van der Waals surface area contributed by atoms with Crippen LogP contribution in [0.15, 0.2) is 18.2 Å². The zero-order chi connectivity index (χ0) is 14.4. The van der Waals surface area contributed by atoms with E-state index in [1.807, 2.05) is 0 Å². The number of nitrogens with zero attached hydrogens (tertiary/aromatic N) is 1. The maximum Gasteiger partial charge on any atom is 0.303 e. The van der Waals surface area contributed by atoms with Crippen molar-refractivity contribution in [2.45, 2.75) is 19.8 Å². The first-order valence-electron chi connectivity index (χ1n) is 5.86. The number of carboxylic acids is 1. The van der Waals surface area contributed by atoms with Crippen molar-refractivity contribution in [3.63, 3.8) is 0 Å². The molecule has 0 fully saturated rings. The van der Waals surface area contributed by atoms with E-state index in [0.29, 0.717) is 12.3 Å². The van der Waals surface area contributed by atoms with Crippen molar-refractivity contribution in [3.05, 3.63) is 24.0 Å². The van der Waals surface area contributed by atoms with Crippen LogP contribution in [-0.4, -0.2) is 30.6 Å². The summed E-state index contributed by atoms with van der Waals surface area (Å²) in [5, 5.41) is 8.51. The number of ether oxygens (including phenoxy) is 1. The summed E-state index contributed by atoms with van der Waals surface area (Å²) in [6.07, 6.45) is -0.372. The van der Waals surface area contributed by atoms with Gasteiger partial charge in [0.2, 0.25) is 5.91 Å². The van der Waals surface area contributed by atoms with Crippen molar-refractivity contribution in [1.29, 1.82) is 0 Å². The van der Waals surface area contributed by atoms with Crippen molar-refractivity contribution in [1.82, 2.24) is 0 Å². The van der Waals surface area contributed by atoms with Crippen molar-refractivity contribution in [2.24, 2.45) is 0 Å². The number of carboxylic acid groups (broad SMARTS) is 1. The lowest BCUT2D eigenvalue weighted by Gasteiger charge is -2.17. The van der Waals surface area contributed by atoms with Crippen LogP contribution in [0, 0.1) is 5.82 Å². The molecule has 6 heteroatoms. The first-order valence-corrected chi connectivity index (χ1v) is 5.86. The number of benzene rings is 1. The molecule has 0 aliphatic carbocycles. The smallest absolute Gasteiger partial charge is 0.303 e. The molecule has 0 aliphatic rings. The third kappa shape index (κ3) is 4.24. The fraction of sp³-hybridized carbons (Fsp3) is 0.385. The number of hydrogen-bond donors (Lipinski definition) is 1. The Hall–Kier alpha value is -2.11. The molecule has 1 rings (SSSR count). The van der Waals surface area contributed by atoms with Gasteiger partial charge in [0.25, 0.3) is 0 Å². The van der Waals surface area contributed by atoms with Crippen LogP contribution in [0.1, 0.15) is 19.8 Å². The van der Waals surface area contributed by atoms with E-state index in [2.05, 4.69) is 0 Å².